The van der Waals surface area contributed by atoms with E-state index in [1.54, 1.807) is 24.3 Å². The van der Waals surface area contributed by atoms with Gasteiger partial charge in [0, 0.05) is 6.54 Å². The van der Waals surface area contributed by atoms with Crippen molar-refractivity contribution < 1.29 is 9.59 Å². The van der Waals surface area contributed by atoms with Crippen LogP contribution in [-0.2, 0) is 0 Å². The molecule has 0 aliphatic carbocycles. The Balaban J connectivity index is 2.43. The van der Waals surface area contributed by atoms with Crippen LogP contribution in [0.1, 0.15) is 34.1 Å². The quantitative estimate of drug-likeness (QED) is 0.664. The summed E-state index contributed by atoms with van der Waals surface area (Å²) in [6, 6.07) is 6.95. The van der Waals surface area contributed by atoms with E-state index >= 15 is 0 Å². The number of amides is 2. The Bertz CT molecular complexity index is 363. The molecule has 1 heterocycles. The standard InChI is InChI=1S/C11H11NO2/c1-2-7-12-10(13)8-5-3-4-6-9(8)11(12)14/h3-6H,2,7H2,1H3. The lowest BCUT2D eigenvalue weighted by Crippen LogP contribution is -2.30. The highest BCUT2D eigenvalue weighted by atomic mass is 16.2. The molecule has 72 valence electrons. The van der Waals surface area contributed by atoms with E-state index in [0.29, 0.717) is 17.7 Å². The van der Waals surface area contributed by atoms with Crippen LogP contribution in [0.4, 0.5) is 0 Å². The first-order chi connectivity index (χ1) is 6.75. The topological polar surface area (TPSA) is 37.4 Å². The van der Waals surface area contributed by atoms with Crippen LogP contribution in [0.25, 0.3) is 0 Å². The SMILES string of the molecule is CCCN1C(=O)c2ccccc2C1=O. The molecule has 0 saturated heterocycles. The average Bonchev–Trinajstić information content (AvgIpc) is 2.45. The Morgan fingerprint density at radius 3 is 2.00 bits per heavy atom. The number of hydrogen-bond acceptors (Lipinski definition) is 2. The Morgan fingerprint density at radius 2 is 1.57 bits per heavy atom. The van der Waals surface area contributed by atoms with Crippen molar-refractivity contribution in [2.24, 2.45) is 0 Å². The number of rotatable bonds is 2. The Labute approximate surface area is 82.3 Å². The van der Waals surface area contributed by atoms with E-state index in [2.05, 4.69) is 0 Å². The van der Waals surface area contributed by atoms with Crippen LogP contribution >= 0.6 is 0 Å². The molecule has 0 unspecified atom stereocenters. The van der Waals surface area contributed by atoms with Crippen LogP contribution in [-0.4, -0.2) is 23.3 Å². The molecule has 2 amide bonds. The molecular formula is C11H11NO2. The van der Waals surface area contributed by atoms with Crippen molar-refractivity contribution >= 4 is 11.8 Å². The van der Waals surface area contributed by atoms with Gasteiger partial charge in [-0.15, -0.1) is 0 Å². The lowest BCUT2D eigenvalue weighted by molar-refractivity contribution is 0.0654. The molecule has 3 heteroatoms. The fourth-order valence-corrected chi connectivity index (χ4v) is 1.67. The fraction of sp³-hybridized carbons (Fsp3) is 0.273. The molecule has 0 atom stereocenters. The minimum atomic E-state index is -0.160. The minimum absolute atomic E-state index is 0.160. The highest BCUT2D eigenvalue weighted by Crippen LogP contribution is 2.22. The summed E-state index contributed by atoms with van der Waals surface area (Å²) in [5, 5.41) is 0. The largest absolute Gasteiger partial charge is 0.274 e. The highest BCUT2D eigenvalue weighted by Gasteiger charge is 2.33. The van der Waals surface area contributed by atoms with Crippen LogP contribution in [0.2, 0.25) is 0 Å². The summed E-state index contributed by atoms with van der Waals surface area (Å²) in [6.07, 6.45) is 0.797. The third-order valence-electron chi connectivity index (χ3n) is 2.33. The van der Waals surface area contributed by atoms with Gasteiger partial charge in [0.2, 0.25) is 0 Å². The van der Waals surface area contributed by atoms with Crippen molar-refractivity contribution in [2.75, 3.05) is 6.54 Å². The van der Waals surface area contributed by atoms with Gasteiger partial charge in [-0.3, -0.25) is 14.5 Å². The van der Waals surface area contributed by atoms with E-state index in [0.717, 1.165) is 6.42 Å². The minimum Gasteiger partial charge on any atom is -0.274 e. The van der Waals surface area contributed by atoms with Crippen LogP contribution in [0.3, 0.4) is 0 Å². The monoisotopic (exact) mass is 189 g/mol. The first-order valence-electron chi connectivity index (χ1n) is 4.71. The van der Waals surface area contributed by atoms with E-state index in [1.165, 1.54) is 4.90 Å². The smallest absolute Gasteiger partial charge is 0.261 e. The van der Waals surface area contributed by atoms with Crippen molar-refractivity contribution in [3.05, 3.63) is 35.4 Å². The second kappa shape index (κ2) is 3.25. The van der Waals surface area contributed by atoms with E-state index < -0.39 is 0 Å². The van der Waals surface area contributed by atoms with Gasteiger partial charge in [0.25, 0.3) is 11.8 Å². The van der Waals surface area contributed by atoms with Gasteiger partial charge in [-0.25, -0.2) is 0 Å². The van der Waals surface area contributed by atoms with Crippen molar-refractivity contribution in [2.45, 2.75) is 13.3 Å². The maximum atomic E-state index is 11.7. The number of hydrogen-bond donors (Lipinski definition) is 0. The Morgan fingerprint density at radius 1 is 1.07 bits per heavy atom. The third-order valence-corrected chi connectivity index (χ3v) is 2.33. The van der Waals surface area contributed by atoms with E-state index in [4.69, 9.17) is 0 Å². The summed E-state index contributed by atoms with van der Waals surface area (Å²) in [5.41, 5.74) is 1.07. The van der Waals surface area contributed by atoms with Gasteiger partial charge in [-0.05, 0) is 18.6 Å². The zero-order valence-electron chi connectivity index (χ0n) is 7.99. The maximum Gasteiger partial charge on any atom is 0.261 e. The summed E-state index contributed by atoms with van der Waals surface area (Å²) < 4.78 is 0. The number of carbonyl (C=O) groups is 2. The molecule has 14 heavy (non-hydrogen) atoms. The van der Waals surface area contributed by atoms with Gasteiger partial charge in [0.05, 0.1) is 11.1 Å². The molecule has 0 spiro atoms. The second-order valence-electron chi connectivity index (χ2n) is 3.31. The fourth-order valence-electron chi connectivity index (χ4n) is 1.67. The first-order valence-corrected chi connectivity index (χ1v) is 4.71. The number of benzene rings is 1. The predicted octanol–water partition coefficient (Wildman–Crippen LogP) is 1.69. The van der Waals surface area contributed by atoms with Gasteiger partial charge in [-0.2, -0.15) is 0 Å². The number of imide groups is 1. The first kappa shape index (κ1) is 8.94. The zero-order valence-corrected chi connectivity index (χ0v) is 7.99. The summed E-state index contributed by atoms with van der Waals surface area (Å²) in [4.78, 5) is 24.7. The van der Waals surface area contributed by atoms with Crippen LogP contribution in [0, 0.1) is 0 Å². The van der Waals surface area contributed by atoms with Gasteiger partial charge in [0.1, 0.15) is 0 Å². The molecule has 0 radical (unpaired) electrons. The van der Waals surface area contributed by atoms with Crippen LogP contribution < -0.4 is 0 Å². The lowest BCUT2D eigenvalue weighted by atomic mass is 10.1. The Hall–Kier alpha value is -1.64. The number of nitrogens with zero attached hydrogens (tertiary/aromatic N) is 1. The van der Waals surface area contributed by atoms with Crippen molar-refractivity contribution in [1.29, 1.82) is 0 Å². The summed E-state index contributed by atoms with van der Waals surface area (Å²) in [5.74, 6) is -0.320. The molecule has 2 rings (SSSR count). The highest BCUT2D eigenvalue weighted by molar-refractivity contribution is 6.21. The van der Waals surface area contributed by atoms with E-state index in [9.17, 15) is 9.59 Å². The Kier molecular flexibility index (Phi) is 2.08. The summed E-state index contributed by atoms with van der Waals surface area (Å²) in [7, 11) is 0. The lowest BCUT2D eigenvalue weighted by Gasteiger charge is -2.11. The zero-order chi connectivity index (χ0) is 10.1. The molecule has 0 bridgehead atoms. The predicted molar refractivity (Wildman–Crippen MR) is 52.1 cm³/mol. The van der Waals surface area contributed by atoms with Crippen molar-refractivity contribution in [1.82, 2.24) is 4.90 Å². The van der Waals surface area contributed by atoms with Crippen molar-refractivity contribution in [3.8, 4) is 0 Å². The van der Waals surface area contributed by atoms with Crippen LogP contribution in [0.15, 0.2) is 24.3 Å². The second-order valence-corrected chi connectivity index (χ2v) is 3.31. The van der Waals surface area contributed by atoms with Crippen molar-refractivity contribution in [3.63, 3.8) is 0 Å². The van der Waals surface area contributed by atoms with E-state index in [-0.39, 0.29) is 11.8 Å². The molecule has 0 fully saturated rings. The van der Waals surface area contributed by atoms with Crippen LogP contribution in [0.5, 0.6) is 0 Å². The van der Waals surface area contributed by atoms with Gasteiger partial charge < -0.3 is 0 Å². The molecule has 0 aromatic heterocycles. The number of fused-ring (bicyclic) bond motifs is 1. The normalized spacial score (nSPS) is 14.8. The van der Waals surface area contributed by atoms with Gasteiger partial charge in [0.15, 0.2) is 0 Å². The molecule has 1 aliphatic heterocycles. The molecule has 1 aromatic carbocycles. The maximum absolute atomic E-state index is 11.7. The molecule has 0 saturated carbocycles. The summed E-state index contributed by atoms with van der Waals surface area (Å²) in [6.45, 7) is 2.45. The molecule has 1 aliphatic rings. The number of carbonyl (C=O) groups excluding carboxylic acids is 2. The molecule has 3 nitrogen and oxygen atoms in total. The average molecular weight is 189 g/mol. The molecule has 0 N–H and O–H groups in total. The molecule has 1 aromatic rings. The third kappa shape index (κ3) is 1.13. The van der Waals surface area contributed by atoms with Gasteiger partial charge in [-0.1, -0.05) is 19.1 Å². The van der Waals surface area contributed by atoms with Gasteiger partial charge >= 0.3 is 0 Å². The summed E-state index contributed by atoms with van der Waals surface area (Å²) >= 11 is 0. The van der Waals surface area contributed by atoms with E-state index in [1.807, 2.05) is 6.92 Å². The molecular weight excluding hydrogens is 178 g/mol.